The van der Waals surface area contributed by atoms with E-state index in [4.69, 9.17) is 0 Å². The smallest absolute Gasteiger partial charge is 0.125 e. The van der Waals surface area contributed by atoms with Gasteiger partial charge in [-0.3, -0.25) is 0 Å². The molecule has 0 aliphatic rings. The summed E-state index contributed by atoms with van der Waals surface area (Å²) in [5, 5.41) is 4.50. The topological polar surface area (TPSA) is 37.8 Å². The summed E-state index contributed by atoms with van der Waals surface area (Å²) in [7, 11) is 0. The molecule has 0 amide bonds. The van der Waals surface area contributed by atoms with E-state index in [0.717, 1.165) is 29.7 Å². The van der Waals surface area contributed by atoms with E-state index in [1.807, 2.05) is 12.1 Å². The molecule has 0 fully saturated rings. The van der Waals surface area contributed by atoms with Gasteiger partial charge < -0.3 is 5.32 Å². The third-order valence-corrected chi connectivity index (χ3v) is 4.19. The molecule has 2 heterocycles. The fourth-order valence-electron chi connectivity index (χ4n) is 1.70. The van der Waals surface area contributed by atoms with Gasteiger partial charge >= 0.3 is 0 Å². The van der Waals surface area contributed by atoms with Crippen LogP contribution in [-0.2, 0) is 12.8 Å². The van der Waals surface area contributed by atoms with Crippen LogP contribution < -0.4 is 5.32 Å². The number of aromatic nitrogens is 2. The van der Waals surface area contributed by atoms with Gasteiger partial charge in [-0.1, -0.05) is 6.92 Å². The molecule has 1 N–H and O–H groups in total. The molecule has 2 aromatic heterocycles. The lowest BCUT2D eigenvalue weighted by atomic mass is 10.3. The van der Waals surface area contributed by atoms with E-state index in [-0.39, 0.29) is 0 Å². The fourth-order valence-corrected chi connectivity index (χ4v) is 2.96. The summed E-state index contributed by atoms with van der Waals surface area (Å²) in [6.07, 6.45) is 3.76. The molecule has 3 nitrogen and oxygen atoms in total. The van der Waals surface area contributed by atoms with Gasteiger partial charge in [0.05, 0.1) is 10.7 Å². The van der Waals surface area contributed by atoms with Gasteiger partial charge in [0, 0.05) is 28.5 Å². The lowest BCUT2D eigenvalue weighted by Gasteiger charge is -2.03. The molecule has 0 atom stereocenters. The Labute approximate surface area is 120 Å². The Hall–Kier alpha value is -0.940. The van der Waals surface area contributed by atoms with Gasteiger partial charge in [-0.25, -0.2) is 9.97 Å². The largest absolute Gasteiger partial charge is 0.370 e. The van der Waals surface area contributed by atoms with Crippen LogP contribution in [0.2, 0.25) is 0 Å². The predicted octanol–water partition coefficient (Wildman–Crippen LogP) is 3.83. The van der Waals surface area contributed by atoms with Gasteiger partial charge in [0.15, 0.2) is 0 Å². The van der Waals surface area contributed by atoms with Crippen molar-refractivity contribution < 1.29 is 0 Å². The molecule has 0 aromatic carbocycles. The number of rotatable bonds is 5. The summed E-state index contributed by atoms with van der Waals surface area (Å²) in [5.74, 6) is 0.905. The van der Waals surface area contributed by atoms with Crippen LogP contribution in [0, 0.1) is 6.92 Å². The standard InChI is InChI=1S/C13H16BrN3S/c1-3-11-9(2)18-13(17-11)6-7-15-12-5-4-10(14)8-16-12/h4-5,8H,3,6-7H2,1-2H3,(H,15,16). The minimum Gasteiger partial charge on any atom is -0.370 e. The van der Waals surface area contributed by atoms with Crippen molar-refractivity contribution in [3.05, 3.63) is 38.4 Å². The Bertz CT molecular complexity index is 507. The Morgan fingerprint density at radius 2 is 2.22 bits per heavy atom. The average molecular weight is 326 g/mol. The molecular weight excluding hydrogens is 310 g/mol. The zero-order valence-electron chi connectivity index (χ0n) is 10.5. The number of aryl methyl sites for hydroxylation is 2. The molecule has 0 saturated carbocycles. The molecule has 96 valence electrons. The molecule has 2 rings (SSSR count). The van der Waals surface area contributed by atoms with Crippen molar-refractivity contribution in [3.63, 3.8) is 0 Å². The molecule has 0 unspecified atom stereocenters. The van der Waals surface area contributed by atoms with E-state index in [2.05, 4.69) is 45.1 Å². The Morgan fingerprint density at radius 1 is 1.39 bits per heavy atom. The number of nitrogens with zero attached hydrogens (tertiary/aromatic N) is 2. The summed E-state index contributed by atoms with van der Waals surface area (Å²) in [6, 6.07) is 3.95. The highest BCUT2D eigenvalue weighted by atomic mass is 79.9. The van der Waals surface area contributed by atoms with Crippen molar-refractivity contribution in [2.24, 2.45) is 0 Å². The highest BCUT2D eigenvalue weighted by molar-refractivity contribution is 9.10. The summed E-state index contributed by atoms with van der Waals surface area (Å²) in [6.45, 7) is 5.16. The van der Waals surface area contributed by atoms with Crippen LogP contribution in [0.1, 0.15) is 22.5 Å². The zero-order valence-corrected chi connectivity index (χ0v) is 12.9. The highest BCUT2D eigenvalue weighted by Crippen LogP contribution is 2.18. The number of halogens is 1. The lowest BCUT2D eigenvalue weighted by Crippen LogP contribution is -2.05. The molecule has 0 saturated heterocycles. The average Bonchev–Trinajstić information content (AvgIpc) is 2.72. The van der Waals surface area contributed by atoms with E-state index in [1.165, 1.54) is 15.6 Å². The van der Waals surface area contributed by atoms with Gasteiger partial charge in [-0.15, -0.1) is 11.3 Å². The Kier molecular flexibility index (Phi) is 4.72. The second kappa shape index (κ2) is 6.29. The van der Waals surface area contributed by atoms with Gasteiger partial charge in [0.25, 0.3) is 0 Å². The molecule has 0 aliphatic carbocycles. The summed E-state index contributed by atoms with van der Waals surface area (Å²) in [4.78, 5) is 10.2. The fraction of sp³-hybridized carbons (Fsp3) is 0.385. The van der Waals surface area contributed by atoms with Crippen LogP contribution in [0.4, 0.5) is 5.82 Å². The number of nitrogens with one attached hydrogen (secondary N) is 1. The highest BCUT2D eigenvalue weighted by Gasteiger charge is 2.05. The summed E-state index contributed by atoms with van der Waals surface area (Å²) < 4.78 is 0.996. The minimum atomic E-state index is 0.866. The first-order valence-corrected chi connectivity index (χ1v) is 7.60. The first-order valence-electron chi connectivity index (χ1n) is 5.99. The maximum atomic E-state index is 4.62. The maximum absolute atomic E-state index is 4.62. The first-order chi connectivity index (χ1) is 8.69. The van der Waals surface area contributed by atoms with Crippen LogP contribution in [0.15, 0.2) is 22.8 Å². The van der Waals surface area contributed by atoms with E-state index in [9.17, 15) is 0 Å². The van der Waals surface area contributed by atoms with Crippen molar-refractivity contribution in [3.8, 4) is 0 Å². The molecule has 0 aliphatic heterocycles. The van der Waals surface area contributed by atoms with Crippen molar-refractivity contribution in [1.82, 2.24) is 9.97 Å². The van der Waals surface area contributed by atoms with Gasteiger partial charge in [0.2, 0.25) is 0 Å². The SMILES string of the molecule is CCc1nc(CCNc2ccc(Br)cn2)sc1C. The third-order valence-electron chi connectivity index (χ3n) is 2.64. The molecule has 0 bridgehead atoms. The maximum Gasteiger partial charge on any atom is 0.125 e. The second-order valence-electron chi connectivity index (χ2n) is 4.00. The van der Waals surface area contributed by atoms with Crippen LogP contribution >= 0.6 is 27.3 Å². The van der Waals surface area contributed by atoms with E-state index in [1.54, 1.807) is 17.5 Å². The van der Waals surface area contributed by atoms with E-state index >= 15 is 0 Å². The Balaban J connectivity index is 1.86. The molecule has 18 heavy (non-hydrogen) atoms. The zero-order chi connectivity index (χ0) is 13.0. The van der Waals surface area contributed by atoms with Crippen LogP contribution in [0.5, 0.6) is 0 Å². The number of hydrogen-bond donors (Lipinski definition) is 1. The van der Waals surface area contributed by atoms with E-state index in [0.29, 0.717) is 0 Å². The molecular formula is C13H16BrN3S. The number of anilines is 1. The monoisotopic (exact) mass is 325 g/mol. The Morgan fingerprint density at radius 3 is 2.83 bits per heavy atom. The van der Waals surface area contributed by atoms with E-state index < -0.39 is 0 Å². The van der Waals surface area contributed by atoms with Crippen molar-refractivity contribution in [1.29, 1.82) is 0 Å². The predicted molar refractivity (Wildman–Crippen MR) is 80.4 cm³/mol. The van der Waals surface area contributed by atoms with Crippen molar-refractivity contribution in [2.75, 3.05) is 11.9 Å². The van der Waals surface area contributed by atoms with Gasteiger partial charge in [-0.2, -0.15) is 0 Å². The van der Waals surface area contributed by atoms with Crippen LogP contribution in [-0.4, -0.2) is 16.5 Å². The third kappa shape index (κ3) is 3.53. The van der Waals surface area contributed by atoms with Gasteiger partial charge in [0.1, 0.15) is 5.82 Å². The van der Waals surface area contributed by atoms with Crippen molar-refractivity contribution in [2.45, 2.75) is 26.7 Å². The second-order valence-corrected chi connectivity index (χ2v) is 6.21. The summed E-state index contributed by atoms with van der Waals surface area (Å²) in [5.41, 5.74) is 1.23. The normalized spacial score (nSPS) is 10.6. The number of thiazole rings is 1. The summed E-state index contributed by atoms with van der Waals surface area (Å²) >= 11 is 5.17. The number of hydrogen-bond acceptors (Lipinski definition) is 4. The molecule has 0 radical (unpaired) electrons. The van der Waals surface area contributed by atoms with Crippen LogP contribution in [0.3, 0.4) is 0 Å². The number of pyridine rings is 1. The molecule has 5 heteroatoms. The van der Waals surface area contributed by atoms with Crippen LogP contribution in [0.25, 0.3) is 0 Å². The first kappa shape index (κ1) is 13.5. The van der Waals surface area contributed by atoms with Gasteiger partial charge in [-0.05, 0) is 41.4 Å². The minimum absolute atomic E-state index is 0.866. The quantitative estimate of drug-likeness (QED) is 0.907. The molecule has 2 aromatic rings. The lowest BCUT2D eigenvalue weighted by molar-refractivity contribution is 0.951. The molecule has 0 spiro atoms. The van der Waals surface area contributed by atoms with Crippen molar-refractivity contribution >= 4 is 33.1 Å².